The van der Waals surface area contributed by atoms with E-state index in [0.717, 1.165) is 0 Å². The highest BCUT2D eigenvalue weighted by Gasteiger charge is 2.06. The fourth-order valence-corrected chi connectivity index (χ4v) is 0.536. The summed E-state index contributed by atoms with van der Waals surface area (Å²) in [5.74, 6) is -1.91. The topological polar surface area (TPSA) is 72.8 Å². The lowest BCUT2D eigenvalue weighted by Crippen LogP contribution is -2.16. The number of carbonyl (C=O) groups is 2. The average molecular weight is 192 g/mol. The molecule has 5 heteroatoms. The Morgan fingerprint density at radius 3 is 2.62 bits per heavy atom. The van der Waals surface area contributed by atoms with Crippen molar-refractivity contribution in [3.8, 4) is 0 Å². The molecule has 0 aromatic heterocycles. The van der Waals surface area contributed by atoms with Gasteiger partial charge in [0.15, 0.2) is 6.61 Å². The second kappa shape index (κ2) is 7.54. The lowest BCUT2D eigenvalue weighted by molar-refractivity contribution is -0.158. The largest absolute Gasteiger partial charge is 0.463 e. The maximum atomic E-state index is 11.0. The predicted octanol–water partition coefficient (Wildman–Crippen LogP) is -0.135. The maximum absolute atomic E-state index is 11.0. The number of hydrogen-bond donors (Lipinski definition) is 1. The Labute approximate surface area is 79.4 Å². The van der Waals surface area contributed by atoms with E-state index in [1.54, 1.807) is 6.92 Å². The summed E-state index contributed by atoms with van der Waals surface area (Å²) in [6.07, 6.45) is -2.64. The number of hydrogen-bond acceptors (Lipinski definition) is 5. The molecule has 0 bridgehead atoms. The number of rotatable bonds is 6. The minimum atomic E-state index is -2.28. The molecule has 0 aliphatic carbocycles. The summed E-state index contributed by atoms with van der Waals surface area (Å²) in [5, 5.41) is 8.47. The highest BCUT2D eigenvalue weighted by Crippen LogP contribution is 1.92. The highest BCUT2D eigenvalue weighted by atomic mass is 16.6. The Morgan fingerprint density at radius 2 is 2.08 bits per heavy atom. The summed E-state index contributed by atoms with van der Waals surface area (Å²) < 4.78 is 23.2. The zero-order valence-corrected chi connectivity index (χ0v) is 7.41. The second-order valence-electron chi connectivity index (χ2n) is 2.03. The van der Waals surface area contributed by atoms with E-state index < -0.39 is 31.5 Å². The van der Waals surface area contributed by atoms with Crippen molar-refractivity contribution in [1.29, 1.82) is 0 Å². The molecule has 0 aliphatic rings. The van der Waals surface area contributed by atoms with Crippen molar-refractivity contribution in [2.45, 2.75) is 19.7 Å². The number of aliphatic hydroxyl groups excluding tert-OH is 1. The van der Waals surface area contributed by atoms with Crippen LogP contribution in [0.4, 0.5) is 0 Å². The first-order valence-corrected chi connectivity index (χ1v) is 3.87. The molecule has 0 fully saturated rings. The molecule has 0 radical (unpaired) electrons. The first-order valence-electron chi connectivity index (χ1n) is 4.87. The Morgan fingerprint density at radius 1 is 1.38 bits per heavy atom. The molecule has 5 nitrogen and oxygen atoms in total. The van der Waals surface area contributed by atoms with Gasteiger partial charge < -0.3 is 14.6 Å². The molecular weight excluding hydrogens is 176 g/mol. The molecule has 0 spiro atoms. The monoisotopic (exact) mass is 192 g/mol. The minimum absolute atomic E-state index is 0.167. The summed E-state index contributed by atoms with van der Waals surface area (Å²) in [7, 11) is 0. The summed E-state index contributed by atoms with van der Waals surface area (Å²) in [4.78, 5) is 21.8. The lowest BCUT2D eigenvalue weighted by atomic mass is 10.3. The van der Waals surface area contributed by atoms with E-state index in [9.17, 15) is 9.59 Å². The van der Waals surface area contributed by atoms with Gasteiger partial charge in [-0.3, -0.25) is 4.79 Å². The van der Waals surface area contributed by atoms with Crippen LogP contribution < -0.4 is 0 Å². The predicted molar refractivity (Wildman–Crippen MR) is 43.9 cm³/mol. The molecule has 0 saturated carbocycles. The van der Waals surface area contributed by atoms with Crippen molar-refractivity contribution in [1.82, 2.24) is 0 Å². The average Bonchev–Trinajstić information content (AvgIpc) is 2.14. The van der Waals surface area contributed by atoms with E-state index in [1.807, 2.05) is 0 Å². The van der Waals surface area contributed by atoms with Crippen LogP contribution in [0.25, 0.3) is 0 Å². The van der Waals surface area contributed by atoms with Crippen LogP contribution in [0, 0.1) is 0 Å². The van der Waals surface area contributed by atoms with Gasteiger partial charge in [0.25, 0.3) is 0 Å². The standard InChI is InChI=1S/C8H14O5/c1-2-12-8(11)6-13-7(10)4-3-5-9/h9H,2-6H2,1H3/i4D2. The number of aliphatic hydroxyl groups is 1. The Kier molecular flexibility index (Phi) is 4.93. The molecule has 0 heterocycles. The molecule has 1 N–H and O–H groups in total. The quantitative estimate of drug-likeness (QED) is 0.593. The van der Waals surface area contributed by atoms with Crippen LogP contribution in [-0.2, 0) is 19.1 Å². The molecule has 0 rings (SSSR count). The molecular formula is C8H14O5. The van der Waals surface area contributed by atoms with E-state index in [0.29, 0.717) is 0 Å². The fourth-order valence-electron chi connectivity index (χ4n) is 0.536. The van der Waals surface area contributed by atoms with Crippen molar-refractivity contribution in [2.24, 2.45) is 0 Å². The molecule has 0 aliphatic heterocycles. The van der Waals surface area contributed by atoms with E-state index >= 15 is 0 Å². The summed E-state index contributed by atoms with van der Waals surface area (Å²) in [6, 6.07) is 0. The van der Waals surface area contributed by atoms with Crippen LogP contribution in [0.15, 0.2) is 0 Å². The van der Waals surface area contributed by atoms with Gasteiger partial charge in [0, 0.05) is 15.7 Å². The lowest BCUT2D eigenvalue weighted by Gasteiger charge is -2.03. The third kappa shape index (κ3) is 7.27. The van der Waals surface area contributed by atoms with Crippen molar-refractivity contribution in [3.63, 3.8) is 0 Å². The molecule has 13 heavy (non-hydrogen) atoms. The fraction of sp³-hybridized carbons (Fsp3) is 0.750. The molecule has 76 valence electrons. The number of ether oxygens (including phenoxy) is 2. The van der Waals surface area contributed by atoms with Crippen LogP contribution in [0.2, 0.25) is 0 Å². The molecule has 0 amide bonds. The molecule has 0 unspecified atom stereocenters. The molecule has 0 aromatic carbocycles. The Balaban J connectivity index is 3.97. The zero-order chi connectivity index (χ0) is 11.9. The number of esters is 2. The van der Waals surface area contributed by atoms with Gasteiger partial charge >= 0.3 is 11.9 Å². The Bertz CT molecular complexity index is 229. The smallest absolute Gasteiger partial charge is 0.344 e. The van der Waals surface area contributed by atoms with Crippen molar-refractivity contribution in [2.75, 3.05) is 19.8 Å². The van der Waals surface area contributed by atoms with E-state index in [1.165, 1.54) is 0 Å². The molecule has 0 atom stereocenters. The van der Waals surface area contributed by atoms with Gasteiger partial charge in [-0.15, -0.1) is 0 Å². The highest BCUT2D eigenvalue weighted by molar-refractivity contribution is 5.76. The normalized spacial score (nSPS) is 12.8. The van der Waals surface area contributed by atoms with Crippen LogP contribution in [0.1, 0.15) is 22.5 Å². The second-order valence-corrected chi connectivity index (χ2v) is 2.03. The van der Waals surface area contributed by atoms with Gasteiger partial charge in [-0.1, -0.05) is 0 Å². The van der Waals surface area contributed by atoms with Crippen molar-refractivity contribution < 1.29 is 26.9 Å². The van der Waals surface area contributed by atoms with Gasteiger partial charge in [0.2, 0.25) is 0 Å². The van der Waals surface area contributed by atoms with Crippen LogP contribution >= 0.6 is 0 Å². The third-order valence-electron chi connectivity index (χ3n) is 1.01. The number of carbonyl (C=O) groups excluding carboxylic acids is 2. The van der Waals surface area contributed by atoms with Gasteiger partial charge in [0.05, 0.1) is 6.61 Å². The van der Waals surface area contributed by atoms with Crippen molar-refractivity contribution >= 4 is 11.9 Å². The summed E-state index contributed by atoms with van der Waals surface area (Å²) in [5.41, 5.74) is 0. The van der Waals surface area contributed by atoms with Gasteiger partial charge in [-0.2, -0.15) is 0 Å². The molecule has 0 aromatic rings. The van der Waals surface area contributed by atoms with Gasteiger partial charge in [0.1, 0.15) is 0 Å². The van der Waals surface area contributed by atoms with Gasteiger partial charge in [-0.25, -0.2) is 4.79 Å². The summed E-state index contributed by atoms with van der Waals surface area (Å²) >= 11 is 0. The van der Waals surface area contributed by atoms with Crippen LogP contribution in [0.5, 0.6) is 0 Å². The van der Waals surface area contributed by atoms with Gasteiger partial charge in [-0.05, 0) is 13.3 Å². The SMILES string of the molecule is [2H]C([2H])(CCO)C(=O)OCC(=O)OCC. The van der Waals surface area contributed by atoms with Crippen LogP contribution in [-0.4, -0.2) is 36.9 Å². The zero-order valence-electron chi connectivity index (χ0n) is 9.41. The van der Waals surface area contributed by atoms with Crippen LogP contribution in [0.3, 0.4) is 0 Å². The minimum Gasteiger partial charge on any atom is -0.463 e. The molecule has 0 saturated heterocycles. The first-order chi connectivity index (χ1) is 6.94. The maximum Gasteiger partial charge on any atom is 0.344 e. The third-order valence-corrected chi connectivity index (χ3v) is 1.01. The summed E-state index contributed by atoms with van der Waals surface area (Å²) in [6.45, 7) is 0.684. The van der Waals surface area contributed by atoms with Crippen molar-refractivity contribution in [3.05, 3.63) is 0 Å². The first kappa shape index (κ1) is 8.50. The van der Waals surface area contributed by atoms with E-state index in [-0.39, 0.29) is 13.0 Å². The van der Waals surface area contributed by atoms with E-state index in [2.05, 4.69) is 9.47 Å². The van der Waals surface area contributed by atoms with E-state index in [4.69, 9.17) is 7.85 Å². The Hall–Kier alpha value is -1.10.